The van der Waals surface area contributed by atoms with Crippen LogP contribution in [0.25, 0.3) is 0 Å². The fourth-order valence-electron chi connectivity index (χ4n) is 2.03. The molecule has 1 saturated heterocycles. The van der Waals surface area contributed by atoms with Crippen LogP contribution in [0.5, 0.6) is 0 Å². The maximum Gasteiger partial charge on any atom is 0.0165 e. The van der Waals surface area contributed by atoms with E-state index in [-0.39, 0.29) is 0 Å². The van der Waals surface area contributed by atoms with Gasteiger partial charge in [-0.2, -0.15) is 0 Å². The molecule has 1 aliphatic rings. The first-order valence-electron chi connectivity index (χ1n) is 6.67. The van der Waals surface area contributed by atoms with Crippen LogP contribution in [0.15, 0.2) is 11.6 Å². The van der Waals surface area contributed by atoms with E-state index >= 15 is 0 Å². The standard InChI is InChI=1S/C14H28N2/c1-12(2)5-8-16-9-6-14(7-10-16)15-11-13(3)4/h5,13-15H,6-11H2,1-4H3. The monoisotopic (exact) mass is 224 g/mol. The van der Waals surface area contributed by atoms with Crippen LogP contribution >= 0.6 is 0 Å². The van der Waals surface area contributed by atoms with Crippen LogP contribution in [-0.2, 0) is 0 Å². The van der Waals surface area contributed by atoms with E-state index in [1.807, 2.05) is 0 Å². The molecule has 0 saturated carbocycles. The van der Waals surface area contributed by atoms with Crippen LogP contribution in [0.2, 0.25) is 0 Å². The first-order valence-corrected chi connectivity index (χ1v) is 6.67. The van der Waals surface area contributed by atoms with Gasteiger partial charge in [0.05, 0.1) is 0 Å². The van der Waals surface area contributed by atoms with Crippen LogP contribution in [0, 0.1) is 5.92 Å². The number of allylic oxidation sites excluding steroid dienone is 1. The number of rotatable bonds is 5. The Labute approximate surface area is 101 Å². The lowest BCUT2D eigenvalue weighted by atomic mass is 10.0. The summed E-state index contributed by atoms with van der Waals surface area (Å²) < 4.78 is 0. The summed E-state index contributed by atoms with van der Waals surface area (Å²) in [7, 11) is 0. The predicted molar refractivity (Wildman–Crippen MR) is 71.7 cm³/mol. The van der Waals surface area contributed by atoms with Crippen molar-refractivity contribution in [2.45, 2.75) is 46.6 Å². The van der Waals surface area contributed by atoms with Crippen molar-refractivity contribution in [3.8, 4) is 0 Å². The summed E-state index contributed by atoms with van der Waals surface area (Å²) in [6.45, 7) is 13.7. The van der Waals surface area contributed by atoms with Crippen molar-refractivity contribution in [1.82, 2.24) is 10.2 Å². The highest BCUT2D eigenvalue weighted by molar-refractivity contribution is 4.95. The summed E-state index contributed by atoms with van der Waals surface area (Å²) in [5.74, 6) is 0.767. The molecule has 0 aromatic rings. The van der Waals surface area contributed by atoms with Gasteiger partial charge in [0.1, 0.15) is 0 Å². The second kappa shape index (κ2) is 7.08. The van der Waals surface area contributed by atoms with Crippen molar-refractivity contribution >= 4 is 0 Å². The Balaban J connectivity index is 2.16. The van der Waals surface area contributed by atoms with Crippen LogP contribution in [0.3, 0.4) is 0 Å². The highest BCUT2D eigenvalue weighted by Gasteiger charge is 2.17. The molecule has 1 rings (SSSR count). The smallest absolute Gasteiger partial charge is 0.0165 e. The minimum absolute atomic E-state index is 0.755. The van der Waals surface area contributed by atoms with Gasteiger partial charge in [-0.15, -0.1) is 0 Å². The van der Waals surface area contributed by atoms with E-state index in [4.69, 9.17) is 0 Å². The second-order valence-corrected chi connectivity index (χ2v) is 5.66. The maximum atomic E-state index is 3.66. The SMILES string of the molecule is CC(C)=CCN1CCC(NCC(C)C)CC1. The molecule has 0 aromatic heterocycles. The summed E-state index contributed by atoms with van der Waals surface area (Å²) >= 11 is 0. The molecule has 0 spiro atoms. The summed E-state index contributed by atoms with van der Waals surface area (Å²) in [5, 5.41) is 3.66. The Morgan fingerprint density at radius 3 is 2.44 bits per heavy atom. The molecule has 1 heterocycles. The number of nitrogens with one attached hydrogen (secondary N) is 1. The lowest BCUT2D eigenvalue weighted by Gasteiger charge is -2.32. The highest BCUT2D eigenvalue weighted by atomic mass is 15.1. The van der Waals surface area contributed by atoms with Crippen molar-refractivity contribution in [3.05, 3.63) is 11.6 Å². The number of nitrogens with zero attached hydrogens (tertiary/aromatic N) is 1. The van der Waals surface area contributed by atoms with Crippen molar-refractivity contribution in [2.75, 3.05) is 26.2 Å². The molecular formula is C14H28N2. The maximum absolute atomic E-state index is 3.66. The van der Waals surface area contributed by atoms with Crippen LogP contribution in [-0.4, -0.2) is 37.1 Å². The largest absolute Gasteiger partial charge is 0.314 e. The third-order valence-corrected chi connectivity index (χ3v) is 3.16. The third-order valence-electron chi connectivity index (χ3n) is 3.16. The predicted octanol–water partition coefficient (Wildman–Crippen LogP) is 2.66. The fraction of sp³-hybridized carbons (Fsp3) is 0.857. The molecule has 0 unspecified atom stereocenters. The fourth-order valence-corrected chi connectivity index (χ4v) is 2.03. The van der Waals surface area contributed by atoms with Gasteiger partial charge in [0.25, 0.3) is 0 Å². The molecule has 1 fully saturated rings. The zero-order valence-electron chi connectivity index (χ0n) is 11.4. The summed E-state index contributed by atoms with van der Waals surface area (Å²) in [6, 6.07) is 0.755. The molecule has 2 nitrogen and oxygen atoms in total. The van der Waals surface area contributed by atoms with Gasteiger partial charge in [-0.25, -0.2) is 0 Å². The average Bonchev–Trinajstić information content (AvgIpc) is 2.25. The molecule has 0 amide bonds. The molecule has 1 N–H and O–H groups in total. The Kier molecular flexibility index (Phi) is 6.07. The van der Waals surface area contributed by atoms with E-state index in [2.05, 4.69) is 44.0 Å². The summed E-state index contributed by atoms with van der Waals surface area (Å²) in [4.78, 5) is 2.56. The van der Waals surface area contributed by atoms with Gasteiger partial charge in [0, 0.05) is 12.6 Å². The van der Waals surface area contributed by atoms with Crippen LogP contribution in [0.1, 0.15) is 40.5 Å². The Hall–Kier alpha value is -0.340. The van der Waals surface area contributed by atoms with Crippen molar-refractivity contribution < 1.29 is 0 Å². The van der Waals surface area contributed by atoms with Gasteiger partial charge < -0.3 is 5.32 Å². The lowest BCUT2D eigenvalue weighted by molar-refractivity contribution is 0.212. The topological polar surface area (TPSA) is 15.3 Å². The number of hydrogen-bond donors (Lipinski definition) is 1. The molecular weight excluding hydrogens is 196 g/mol. The summed E-state index contributed by atoms with van der Waals surface area (Å²) in [6.07, 6.45) is 4.95. The van der Waals surface area contributed by atoms with Gasteiger partial charge in [-0.3, -0.25) is 4.90 Å². The van der Waals surface area contributed by atoms with E-state index in [1.54, 1.807) is 0 Å². The normalized spacial score (nSPS) is 19.1. The van der Waals surface area contributed by atoms with Gasteiger partial charge in [-0.1, -0.05) is 25.5 Å². The molecule has 1 aliphatic heterocycles. The van der Waals surface area contributed by atoms with Crippen LogP contribution < -0.4 is 5.32 Å². The van der Waals surface area contributed by atoms with E-state index in [1.165, 1.54) is 38.0 Å². The molecule has 0 bridgehead atoms. The van der Waals surface area contributed by atoms with Gasteiger partial charge >= 0.3 is 0 Å². The minimum atomic E-state index is 0.755. The molecule has 2 heteroatoms. The van der Waals surface area contributed by atoms with Crippen molar-refractivity contribution in [3.63, 3.8) is 0 Å². The first kappa shape index (κ1) is 13.7. The molecule has 0 aromatic carbocycles. The first-order chi connectivity index (χ1) is 7.58. The van der Waals surface area contributed by atoms with E-state index < -0.39 is 0 Å². The zero-order valence-corrected chi connectivity index (χ0v) is 11.4. The highest BCUT2D eigenvalue weighted by Crippen LogP contribution is 2.10. The third kappa shape index (κ3) is 5.66. The van der Waals surface area contributed by atoms with Gasteiger partial charge in [0.15, 0.2) is 0 Å². The van der Waals surface area contributed by atoms with Crippen LogP contribution in [0.4, 0.5) is 0 Å². The van der Waals surface area contributed by atoms with E-state index in [0.717, 1.165) is 18.5 Å². The minimum Gasteiger partial charge on any atom is -0.314 e. The van der Waals surface area contributed by atoms with Gasteiger partial charge in [0.2, 0.25) is 0 Å². The average molecular weight is 224 g/mol. The quantitative estimate of drug-likeness (QED) is 0.722. The number of hydrogen-bond acceptors (Lipinski definition) is 2. The van der Waals surface area contributed by atoms with E-state index in [0.29, 0.717) is 0 Å². The molecule has 94 valence electrons. The van der Waals surface area contributed by atoms with Gasteiger partial charge in [-0.05, 0) is 52.2 Å². The van der Waals surface area contributed by atoms with Crippen molar-refractivity contribution in [2.24, 2.45) is 5.92 Å². The second-order valence-electron chi connectivity index (χ2n) is 5.66. The number of piperidine rings is 1. The summed E-state index contributed by atoms with van der Waals surface area (Å²) in [5.41, 5.74) is 1.43. The molecule has 0 radical (unpaired) electrons. The Morgan fingerprint density at radius 1 is 1.31 bits per heavy atom. The van der Waals surface area contributed by atoms with E-state index in [9.17, 15) is 0 Å². The molecule has 0 atom stereocenters. The Morgan fingerprint density at radius 2 is 1.94 bits per heavy atom. The Bertz CT molecular complexity index is 209. The zero-order chi connectivity index (χ0) is 12.0. The molecule has 16 heavy (non-hydrogen) atoms. The van der Waals surface area contributed by atoms with Crippen molar-refractivity contribution in [1.29, 1.82) is 0 Å². The lowest BCUT2D eigenvalue weighted by Crippen LogP contribution is -2.43. The molecule has 0 aliphatic carbocycles. The number of likely N-dealkylation sites (tertiary alicyclic amines) is 1.